The van der Waals surface area contributed by atoms with Crippen LogP contribution in [0.25, 0.3) is 0 Å². The standard InChI is InChI=1S/C18H23NO4S2/c1-3-13(16-12(2)23-16)19-8-9-22-17(20)18(21,14-6-4-10-24-14)15-7-5-11-25-15/h4-7,10-13,16,19,21H,3,8-9H2,1-2H3. The average molecular weight is 382 g/mol. The molecule has 1 aliphatic rings. The Morgan fingerprint density at radius 1 is 1.36 bits per heavy atom. The molecule has 2 aromatic heterocycles. The molecule has 3 unspecified atom stereocenters. The first kappa shape index (κ1) is 18.5. The van der Waals surface area contributed by atoms with E-state index >= 15 is 0 Å². The van der Waals surface area contributed by atoms with Crippen molar-refractivity contribution in [2.24, 2.45) is 0 Å². The van der Waals surface area contributed by atoms with E-state index in [4.69, 9.17) is 9.47 Å². The summed E-state index contributed by atoms with van der Waals surface area (Å²) >= 11 is 2.68. The second-order valence-corrected chi connectivity index (χ2v) is 7.97. The summed E-state index contributed by atoms with van der Waals surface area (Å²) in [7, 11) is 0. The number of nitrogens with one attached hydrogen (secondary N) is 1. The van der Waals surface area contributed by atoms with Crippen molar-refractivity contribution in [2.45, 2.75) is 44.1 Å². The molecule has 3 rings (SSSR count). The van der Waals surface area contributed by atoms with Crippen molar-refractivity contribution >= 4 is 28.6 Å². The highest BCUT2D eigenvalue weighted by molar-refractivity contribution is 7.12. The summed E-state index contributed by atoms with van der Waals surface area (Å²) in [5.41, 5.74) is -1.74. The molecule has 1 fully saturated rings. The minimum absolute atomic E-state index is 0.204. The van der Waals surface area contributed by atoms with Crippen molar-refractivity contribution < 1.29 is 19.4 Å². The summed E-state index contributed by atoms with van der Waals surface area (Å²) in [4.78, 5) is 13.8. The van der Waals surface area contributed by atoms with Crippen molar-refractivity contribution in [1.82, 2.24) is 5.32 Å². The fraction of sp³-hybridized carbons (Fsp3) is 0.500. The molecule has 5 nitrogen and oxygen atoms in total. The number of carbonyl (C=O) groups excluding carboxylic acids is 1. The van der Waals surface area contributed by atoms with Crippen molar-refractivity contribution in [2.75, 3.05) is 13.2 Å². The molecule has 1 saturated heterocycles. The lowest BCUT2D eigenvalue weighted by Gasteiger charge is -2.24. The normalized spacial score (nSPS) is 21.1. The molecular formula is C18H23NO4S2. The Bertz CT molecular complexity index is 637. The van der Waals surface area contributed by atoms with Crippen molar-refractivity contribution in [3.8, 4) is 0 Å². The van der Waals surface area contributed by atoms with Crippen LogP contribution in [0.5, 0.6) is 0 Å². The van der Waals surface area contributed by atoms with Crippen LogP contribution in [0.4, 0.5) is 0 Å². The Hall–Kier alpha value is -1.25. The number of aliphatic hydroxyl groups is 1. The number of esters is 1. The molecule has 0 amide bonds. The second kappa shape index (κ2) is 7.97. The van der Waals surface area contributed by atoms with Gasteiger partial charge in [0.2, 0.25) is 5.60 Å². The van der Waals surface area contributed by atoms with E-state index in [0.29, 0.717) is 22.4 Å². The van der Waals surface area contributed by atoms with Crippen LogP contribution in [-0.2, 0) is 19.9 Å². The molecule has 0 saturated carbocycles. The van der Waals surface area contributed by atoms with Gasteiger partial charge in [-0.05, 0) is 36.2 Å². The molecule has 2 N–H and O–H groups in total. The Morgan fingerprint density at radius 3 is 2.40 bits per heavy atom. The fourth-order valence-corrected chi connectivity index (χ4v) is 4.62. The molecule has 3 atom stereocenters. The maximum absolute atomic E-state index is 12.7. The van der Waals surface area contributed by atoms with Gasteiger partial charge in [0, 0.05) is 12.6 Å². The van der Waals surface area contributed by atoms with Gasteiger partial charge in [-0.25, -0.2) is 4.79 Å². The van der Waals surface area contributed by atoms with E-state index in [-0.39, 0.29) is 18.8 Å². The highest BCUT2D eigenvalue weighted by atomic mass is 32.1. The lowest BCUT2D eigenvalue weighted by Crippen LogP contribution is -2.40. The molecule has 1 aliphatic heterocycles. The van der Waals surface area contributed by atoms with Gasteiger partial charge in [-0.15, -0.1) is 22.7 Å². The average Bonchev–Trinajstić information content (AvgIpc) is 3.11. The molecule has 0 aromatic carbocycles. The lowest BCUT2D eigenvalue weighted by molar-refractivity contribution is -0.161. The van der Waals surface area contributed by atoms with Crippen LogP contribution in [0.3, 0.4) is 0 Å². The SMILES string of the molecule is CCC(NCCOC(=O)C(O)(c1cccs1)c1cccs1)C1OC1C. The zero-order valence-corrected chi connectivity index (χ0v) is 15.9. The smallest absolute Gasteiger partial charge is 0.349 e. The Labute approximate surface area is 155 Å². The fourth-order valence-electron chi connectivity index (χ4n) is 2.90. The van der Waals surface area contributed by atoms with Gasteiger partial charge in [-0.2, -0.15) is 0 Å². The van der Waals surface area contributed by atoms with E-state index in [1.54, 1.807) is 12.1 Å². The molecule has 2 aromatic rings. The molecule has 7 heteroatoms. The monoisotopic (exact) mass is 381 g/mol. The van der Waals surface area contributed by atoms with Crippen LogP contribution >= 0.6 is 22.7 Å². The Kier molecular flexibility index (Phi) is 5.91. The summed E-state index contributed by atoms with van der Waals surface area (Å²) in [5.74, 6) is -0.636. The summed E-state index contributed by atoms with van der Waals surface area (Å²) in [6, 6.07) is 7.40. The number of carbonyl (C=O) groups is 1. The topological polar surface area (TPSA) is 71.1 Å². The first-order valence-electron chi connectivity index (χ1n) is 8.43. The first-order valence-corrected chi connectivity index (χ1v) is 10.2. The number of epoxide rings is 1. The Morgan fingerprint density at radius 2 is 1.96 bits per heavy atom. The minimum atomic E-state index is -1.74. The molecule has 0 bridgehead atoms. The zero-order valence-electron chi connectivity index (χ0n) is 14.3. The van der Waals surface area contributed by atoms with E-state index in [1.165, 1.54) is 22.7 Å². The summed E-state index contributed by atoms with van der Waals surface area (Å²) < 4.78 is 10.9. The van der Waals surface area contributed by atoms with Gasteiger partial charge in [-0.1, -0.05) is 19.1 Å². The van der Waals surface area contributed by atoms with Gasteiger partial charge in [0.05, 0.1) is 22.0 Å². The van der Waals surface area contributed by atoms with Gasteiger partial charge in [-0.3, -0.25) is 0 Å². The Balaban J connectivity index is 1.58. The number of hydrogen-bond donors (Lipinski definition) is 2. The van der Waals surface area contributed by atoms with E-state index in [0.717, 1.165) is 6.42 Å². The maximum atomic E-state index is 12.7. The number of rotatable bonds is 9. The summed E-state index contributed by atoms with van der Waals surface area (Å²) in [5, 5.41) is 18.1. The largest absolute Gasteiger partial charge is 0.462 e. The summed E-state index contributed by atoms with van der Waals surface area (Å²) in [6.07, 6.45) is 1.50. The quantitative estimate of drug-likeness (QED) is 0.397. The van der Waals surface area contributed by atoms with Crippen LogP contribution in [0.2, 0.25) is 0 Å². The maximum Gasteiger partial charge on any atom is 0.349 e. The highest BCUT2D eigenvalue weighted by Gasteiger charge is 2.44. The molecular weight excluding hydrogens is 358 g/mol. The molecule has 25 heavy (non-hydrogen) atoms. The van der Waals surface area contributed by atoms with Gasteiger partial charge < -0.3 is 19.9 Å². The molecule has 0 aliphatic carbocycles. The van der Waals surface area contributed by atoms with Gasteiger partial charge >= 0.3 is 5.97 Å². The predicted molar refractivity (Wildman–Crippen MR) is 99.0 cm³/mol. The first-order chi connectivity index (χ1) is 12.1. The second-order valence-electron chi connectivity index (χ2n) is 6.08. The lowest BCUT2D eigenvalue weighted by atomic mass is 10.0. The van der Waals surface area contributed by atoms with E-state index in [1.807, 2.05) is 22.9 Å². The number of ether oxygens (including phenoxy) is 2. The zero-order chi connectivity index (χ0) is 17.9. The molecule has 0 radical (unpaired) electrons. The van der Waals surface area contributed by atoms with Crippen molar-refractivity contribution in [3.05, 3.63) is 44.8 Å². The van der Waals surface area contributed by atoms with E-state index in [2.05, 4.69) is 19.2 Å². The van der Waals surface area contributed by atoms with Crippen molar-refractivity contribution in [3.63, 3.8) is 0 Å². The van der Waals surface area contributed by atoms with E-state index < -0.39 is 11.6 Å². The van der Waals surface area contributed by atoms with Crippen LogP contribution in [0, 0.1) is 0 Å². The number of thiophene rings is 2. The number of hydrogen-bond acceptors (Lipinski definition) is 7. The van der Waals surface area contributed by atoms with Gasteiger partial charge in [0.15, 0.2) is 0 Å². The van der Waals surface area contributed by atoms with Crippen LogP contribution in [0.15, 0.2) is 35.0 Å². The molecule has 136 valence electrons. The van der Waals surface area contributed by atoms with Gasteiger partial charge in [0.1, 0.15) is 6.61 Å². The third-order valence-corrected chi connectivity index (χ3v) is 6.34. The molecule has 0 spiro atoms. The summed E-state index contributed by atoms with van der Waals surface area (Å²) in [6.45, 7) is 4.89. The minimum Gasteiger partial charge on any atom is -0.462 e. The highest BCUT2D eigenvalue weighted by Crippen LogP contribution is 2.36. The van der Waals surface area contributed by atoms with Crippen LogP contribution in [-0.4, -0.2) is 42.5 Å². The van der Waals surface area contributed by atoms with Crippen molar-refractivity contribution in [1.29, 1.82) is 0 Å². The third-order valence-electron chi connectivity index (χ3n) is 4.39. The van der Waals surface area contributed by atoms with Crippen LogP contribution < -0.4 is 5.32 Å². The van der Waals surface area contributed by atoms with Gasteiger partial charge in [0.25, 0.3) is 0 Å². The predicted octanol–water partition coefficient (Wildman–Crippen LogP) is 2.74. The van der Waals surface area contributed by atoms with Crippen LogP contribution in [0.1, 0.15) is 30.0 Å². The van der Waals surface area contributed by atoms with E-state index in [9.17, 15) is 9.90 Å². The molecule has 3 heterocycles. The third kappa shape index (κ3) is 3.96.